The highest BCUT2D eigenvalue weighted by Gasteiger charge is 2.30. The summed E-state index contributed by atoms with van der Waals surface area (Å²) in [6.45, 7) is 5.90. The molecule has 1 aliphatic heterocycles. The van der Waals surface area contributed by atoms with E-state index < -0.39 is 10.0 Å². The molecule has 1 saturated heterocycles. The number of ether oxygens (including phenoxy) is 1. The lowest BCUT2D eigenvalue weighted by atomic mass is 10.3. The number of sulfonamides is 1. The van der Waals surface area contributed by atoms with Crippen molar-refractivity contribution in [2.45, 2.75) is 31.7 Å². The van der Waals surface area contributed by atoms with Crippen LogP contribution in [0, 0.1) is 0 Å². The molecule has 0 unspecified atom stereocenters. The van der Waals surface area contributed by atoms with Gasteiger partial charge in [0, 0.05) is 32.6 Å². The Bertz CT molecular complexity index is 1200. The topological polar surface area (TPSA) is 84.7 Å². The number of carbonyl (C=O) groups is 1. The zero-order valence-electron chi connectivity index (χ0n) is 18.4. The molecular formula is C23H28N4O4S. The van der Waals surface area contributed by atoms with Crippen molar-refractivity contribution in [1.82, 2.24) is 18.8 Å². The van der Waals surface area contributed by atoms with Gasteiger partial charge >= 0.3 is 0 Å². The Labute approximate surface area is 188 Å². The van der Waals surface area contributed by atoms with Crippen LogP contribution in [0.4, 0.5) is 0 Å². The van der Waals surface area contributed by atoms with Gasteiger partial charge in [0.25, 0.3) is 0 Å². The van der Waals surface area contributed by atoms with Crippen molar-refractivity contribution in [2.75, 3.05) is 32.8 Å². The molecule has 1 aliphatic rings. The van der Waals surface area contributed by atoms with Gasteiger partial charge in [-0.3, -0.25) is 4.79 Å². The van der Waals surface area contributed by atoms with Crippen molar-refractivity contribution in [2.24, 2.45) is 0 Å². The lowest BCUT2D eigenvalue weighted by Gasteiger charge is -2.34. The van der Waals surface area contributed by atoms with Crippen LogP contribution < -0.4 is 4.74 Å². The molecular weight excluding hydrogens is 428 g/mol. The lowest BCUT2D eigenvalue weighted by Crippen LogP contribution is -2.51. The molecule has 0 N–H and O–H groups in total. The molecule has 2 aromatic carbocycles. The number of hydrogen-bond donors (Lipinski definition) is 0. The monoisotopic (exact) mass is 456 g/mol. The predicted molar refractivity (Wildman–Crippen MR) is 122 cm³/mol. The summed E-state index contributed by atoms with van der Waals surface area (Å²) in [6.07, 6.45) is 0.732. The fraction of sp³-hybridized carbons (Fsp3) is 0.391. The molecule has 1 aromatic heterocycles. The SMILES string of the molecule is CCOc1ccc(S(=O)(=O)N2CCN(C(=O)Cn3c(CC)nc4ccccc43)CC2)cc1. The number of aryl methyl sites for hydroxylation is 1. The third-order valence-electron chi connectivity index (χ3n) is 5.71. The van der Waals surface area contributed by atoms with Gasteiger partial charge in [0.15, 0.2) is 0 Å². The van der Waals surface area contributed by atoms with Crippen LogP contribution in [-0.4, -0.2) is 65.9 Å². The van der Waals surface area contributed by atoms with Crippen LogP contribution in [0.15, 0.2) is 53.4 Å². The number of carbonyl (C=O) groups excluding carboxylic acids is 1. The highest BCUT2D eigenvalue weighted by molar-refractivity contribution is 7.89. The zero-order chi connectivity index (χ0) is 22.7. The summed E-state index contributed by atoms with van der Waals surface area (Å²) in [5.41, 5.74) is 1.82. The maximum absolute atomic E-state index is 13.0. The van der Waals surface area contributed by atoms with Crippen LogP contribution in [0.1, 0.15) is 19.7 Å². The van der Waals surface area contributed by atoms with Crippen molar-refractivity contribution in [3.8, 4) is 5.75 Å². The number of rotatable bonds is 7. The molecule has 4 rings (SSSR count). The molecule has 0 atom stereocenters. The van der Waals surface area contributed by atoms with Gasteiger partial charge in [-0.1, -0.05) is 19.1 Å². The van der Waals surface area contributed by atoms with Gasteiger partial charge in [-0.05, 0) is 43.3 Å². The first-order valence-corrected chi connectivity index (χ1v) is 12.3. The second-order valence-electron chi connectivity index (χ2n) is 7.65. The van der Waals surface area contributed by atoms with Gasteiger partial charge in [0.2, 0.25) is 15.9 Å². The summed E-state index contributed by atoms with van der Waals surface area (Å²) in [7, 11) is -3.61. The number of amides is 1. The summed E-state index contributed by atoms with van der Waals surface area (Å²) in [4.78, 5) is 19.6. The molecule has 0 radical (unpaired) electrons. The lowest BCUT2D eigenvalue weighted by molar-refractivity contribution is -0.133. The van der Waals surface area contributed by atoms with E-state index in [1.807, 2.05) is 42.7 Å². The van der Waals surface area contributed by atoms with Crippen LogP contribution in [0.3, 0.4) is 0 Å². The number of para-hydroxylation sites is 2. The molecule has 0 saturated carbocycles. The van der Waals surface area contributed by atoms with Crippen molar-refractivity contribution in [1.29, 1.82) is 0 Å². The van der Waals surface area contributed by atoms with E-state index in [0.29, 0.717) is 25.4 Å². The van der Waals surface area contributed by atoms with E-state index in [2.05, 4.69) is 4.98 Å². The van der Waals surface area contributed by atoms with Crippen molar-refractivity contribution in [3.05, 3.63) is 54.4 Å². The third kappa shape index (κ3) is 4.35. The van der Waals surface area contributed by atoms with Gasteiger partial charge < -0.3 is 14.2 Å². The predicted octanol–water partition coefficient (Wildman–Crippen LogP) is 2.53. The second kappa shape index (κ2) is 9.30. The number of aromatic nitrogens is 2. The summed E-state index contributed by atoms with van der Waals surface area (Å²) in [6, 6.07) is 14.2. The average molecular weight is 457 g/mol. The third-order valence-corrected chi connectivity index (χ3v) is 7.62. The van der Waals surface area contributed by atoms with Crippen molar-refractivity contribution >= 4 is 27.0 Å². The Morgan fingerprint density at radius 1 is 1.00 bits per heavy atom. The Morgan fingerprint density at radius 2 is 1.69 bits per heavy atom. The first-order chi connectivity index (χ1) is 15.4. The molecule has 0 spiro atoms. The van der Waals surface area contributed by atoms with Crippen molar-refractivity contribution in [3.63, 3.8) is 0 Å². The van der Waals surface area contributed by atoms with E-state index in [-0.39, 0.29) is 30.4 Å². The van der Waals surface area contributed by atoms with Crippen molar-refractivity contribution < 1.29 is 17.9 Å². The minimum atomic E-state index is -3.61. The number of nitrogens with zero attached hydrogens (tertiary/aromatic N) is 4. The summed E-state index contributed by atoms with van der Waals surface area (Å²) >= 11 is 0. The summed E-state index contributed by atoms with van der Waals surface area (Å²) in [5.74, 6) is 1.48. The minimum absolute atomic E-state index is 0.0269. The van der Waals surface area contributed by atoms with Gasteiger partial charge in [-0.15, -0.1) is 0 Å². The molecule has 9 heteroatoms. The number of imidazole rings is 1. The Kier molecular flexibility index (Phi) is 6.48. The van der Waals surface area contributed by atoms with E-state index in [1.165, 1.54) is 4.31 Å². The van der Waals surface area contributed by atoms with E-state index in [4.69, 9.17) is 4.74 Å². The molecule has 1 amide bonds. The Hall–Kier alpha value is -2.91. The summed E-state index contributed by atoms with van der Waals surface area (Å²) in [5, 5.41) is 0. The van der Waals surface area contributed by atoms with Crippen LogP contribution in [0.25, 0.3) is 11.0 Å². The maximum Gasteiger partial charge on any atom is 0.243 e. The largest absolute Gasteiger partial charge is 0.494 e. The molecule has 8 nitrogen and oxygen atoms in total. The minimum Gasteiger partial charge on any atom is -0.494 e. The summed E-state index contributed by atoms with van der Waals surface area (Å²) < 4.78 is 34.8. The van der Waals surface area contributed by atoms with Gasteiger partial charge in [0.1, 0.15) is 18.1 Å². The Balaban J connectivity index is 1.42. The van der Waals surface area contributed by atoms with E-state index >= 15 is 0 Å². The number of benzene rings is 2. The molecule has 1 fully saturated rings. The first kappa shape index (κ1) is 22.3. The maximum atomic E-state index is 13.0. The number of hydrogen-bond acceptors (Lipinski definition) is 5. The standard InChI is InChI=1S/C23H28N4O4S/c1-3-22-24-20-7-5-6-8-21(20)27(22)17-23(28)25-13-15-26(16-14-25)32(29,30)19-11-9-18(10-12-19)31-4-2/h5-12H,3-4,13-17H2,1-2H3. The first-order valence-electron chi connectivity index (χ1n) is 10.9. The van der Waals surface area contributed by atoms with Gasteiger partial charge in [0.05, 0.1) is 22.5 Å². The van der Waals surface area contributed by atoms with E-state index in [9.17, 15) is 13.2 Å². The van der Waals surface area contributed by atoms with E-state index in [0.717, 1.165) is 23.3 Å². The molecule has 32 heavy (non-hydrogen) atoms. The molecule has 0 aliphatic carbocycles. The van der Waals surface area contributed by atoms with Crippen LogP contribution in [0.2, 0.25) is 0 Å². The van der Waals surface area contributed by atoms with Crippen LogP contribution in [0.5, 0.6) is 5.75 Å². The number of piperazine rings is 1. The highest BCUT2D eigenvalue weighted by atomic mass is 32.2. The van der Waals surface area contributed by atoms with E-state index in [1.54, 1.807) is 29.2 Å². The molecule has 2 heterocycles. The molecule has 3 aromatic rings. The Morgan fingerprint density at radius 3 is 2.34 bits per heavy atom. The average Bonchev–Trinajstić information content (AvgIpc) is 3.17. The van der Waals surface area contributed by atoms with Crippen LogP contribution >= 0.6 is 0 Å². The van der Waals surface area contributed by atoms with Gasteiger partial charge in [-0.25, -0.2) is 13.4 Å². The number of fused-ring (bicyclic) bond motifs is 1. The second-order valence-corrected chi connectivity index (χ2v) is 9.58. The molecule has 170 valence electrons. The zero-order valence-corrected chi connectivity index (χ0v) is 19.2. The van der Waals surface area contributed by atoms with Gasteiger partial charge in [-0.2, -0.15) is 4.31 Å². The molecule has 0 bridgehead atoms. The highest BCUT2D eigenvalue weighted by Crippen LogP contribution is 2.22. The van der Waals surface area contributed by atoms with Crippen LogP contribution in [-0.2, 0) is 27.8 Å². The fourth-order valence-electron chi connectivity index (χ4n) is 4.01. The smallest absolute Gasteiger partial charge is 0.243 e. The quantitative estimate of drug-likeness (QED) is 0.546. The fourth-order valence-corrected chi connectivity index (χ4v) is 5.43. The normalized spacial score (nSPS) is 15.2.